The second-order valence-electron chi connectivity index (χ2n) is 4.40. The number of ether oxygens (including phenoxy) is 1. The van der Waals surface area contributed by atoms with Gasteiger partial charge in [0.25, 0.3) is 0 Å². The average Bonchev–Trinajstić information content (AvgIpc) is 2.46. The largest absolute Gasteiger partial charge is 0.467 e. The van der Waals surface area contributed by atoms with Crippen LogP contribution in [0.3, 0.4) is 0 Å². The number of nitrogens with one attached hydrogen (secondary N) is 1. The van der Waals surface area contributed by atoms with Crippen LogP contribution in [0.1, 0.15) is 6.92 Å². The van der Waals surface area contributed by atoms with Gasteiger partial charge < -0.3 is 10.1 Å². The van der Waals surface area contributed by atoms with Gasteiger partial charge in [0, 0.05) is 36.1 Å². The Morgan fingerprint density at radius 1 is 1.27 bits per heavy atom. The summed E-state index contributed by atoms with van der Waals surface area (Å²) in [6, 6.07) is 4.54. The lowest BCUT2D eigenvalue weighted by Gasteiger charge is -2.10. The second kappa shape index (κ2) is 6.08. The maximum absolute atomic E-state index is 11.8. The fourth-order valence-electron chi connectivity index (χ4n) is 1.84. The molecular weight excluding hydrogens is 308 g/mol. The van der Waals surface area contributed by atoms with Gasteiger partial charge >= 0.3 is 6.01 Å². The summed E-state index contributed by atoms with van der Waals surface area (Å²) in [6.07, 6.45) is 2.85. The van der Waals surface area contributed by atoms with Crippen LogP contribution < -0.4 is 15.2 Å². The van der Waals surface area contributed by atoms with Gasteiger partial charge in [0.2, 0.25) is 15.9 Å². The first kappa shape index (κ1) is 15.9. The van der Waals surface area contributed by atoms with Crippen molar-refractivity contribution in [1.29, 1.82) is 0 Å². The molecule has 0 atom stereocenters. The maximum Gasteiger partial charge on any atom is 0.316 e. The lowest BCUT2D eigenvalue weighted by molar-refractivity contribution is -0.114. The van der Waals surface area contributed by atoms with Crippen molar-refractivity contribution in [1.82, 2.24) is 9.97 Å². The summed E-state index contributed by atoms with van der Waals surface area (Å²) in [6.45, 7) is 1.32. The molecule has 2 rings (SSSR count). The number of amides is 1. The highest BCUT2D eigenvalue weighted by atomic mass is 32.2. The first-order valence-electron chi connectivity index (χ1n) is 6.12. The van der Waals surface area contributed by atoms with Crippen LogP contribution in [0.2, 0.25) is 0 Å². The average molecular weight is 322 g/mol. The topological polar surface area (TPSA) is 124 Å². The van der Waals surface area contributed by atoms with E-state index in [4.69, 9.17) is 9.88 Å². The van der Waals surface area contributed by atoms with Gasteiger partial charge in [-0.1, -0.05) is 6.07 Å². The highest BCUT2D eigenvalue weighted by Gasteiger charge is 2.17. The number of anilines is 1. The van der Waals surface area contributed by atoms with E-state index in [9.17, 15) is 13.2 Å². The number of sulfonamides is 1. The van der Waals surface area contributed by atoms with Gasteiger partial charge in [0.15, 0.2) is 0 Å². The molecule has 1 aromatic carbocycles. The van der Waals surface area contributed by atoms with Crippen LogP contribution in [-0.2, 0) is 14.8 Å². The maximum atomic E-state index is 11.8. The van der Waals surface area contributed by atoms with Gasteiger partial charge in [0.05, 0.1) is 12.0 Å². The van der Waals surface area contributed by atoms with Crippen molar-refractivity contribution in [2.45, 2.75) is 11.8 Å². The normalized spacial score (nSPS) is 11.0. The van der Waals surface area contributed by atoms with Gasteiger partial charge in [-0.15, -0.1) is 0 Å². The first-order valence-corrected chi connectivity index (χ1v) is 7.66. The van der Waals surface area contributed by atoms with E-state index >= 15 is 0 Å². The van der Waals surface area contributed by atoms with E-state index in [0.717, 1.165) is 0 Å². The van der Waals surface area contributed by atoms with Crippen LogP contribution in [0.5, 0.6) is 6.01 Å². The molecule has 0 saturated heterocycles. The molecule has 2 aromatic rings. The molecule has 0 saturated carbocycles. The molecule has 9 heteroatoms. The Balaban J connectivity index is 2.56. The van der Waals surface area contributed by atoms with Gasteiger partial charge in [0.1, 0.15) is 0 Å². The molecular formula is C13H14N4O4S. The van der Waals surface area contributed by atoms with Crippen LogP contribution in [-0.4, -0.2) is 31.4 Å². The van der Waals surface area contributed by atoms with Gasteiger partial charge in [-0.05, 0) is 12.1 Å². The third kappa shape index (κ3) is 3.57. The Kier molecular flexibility index (Phi) is 4.38. The van der Waals surface area contributed by atoms with Crippen molar-refractivity contribution in [2.24, 2.45) is 5.14 Å². The SMILES string of the molecule is COc1ncc(-c2ccc(NC(C)=O)cc2S(N)(=O)=O)cn1. The molecule has 0 spiro atoms. The standard InChI is InChI=1S/C13H14N4O4S/c1-8(18)17-10-3-4-11(12(5-10)22(14,19)20)9-6-15-13(21-2)16-7-9/h3-7H,1-2H3,(H,17,18)(H2,14,19,20). The highest BCUT2D eigenvalue weighted by Crippen LogP contribution is 2.29. The Bertz CT molecular complexity index is 803. The van der Waals surface area contributed by atoms with E-state index < -0.39 is 10.0 Å². The molecule has 0 aliphatic rings. The number of aromatic nitrogens is 2. The highest BCUT2D eigenvalue weighted by molar-refractivity contribution is 7.89. The number of rotatable bonds is 4. The zero-order valence-corrected chi connectivity index (χ0v) is 12.7. The third-order valence-electron chi connectivity index (χ3n) is 2.73. The molecule has 3 N–H and O–H groups in total. The van der Waals surface area contributed by atoms with E-state index in [1.165, 1.54) is 38.6 Å². The smallest absolute Gasteiger partial charge is 0.316 e. The van der Waals surface area contributed by atoms with Crippen LogP contribution in [0.25, 0.3) is 11.1 Å². The van der Waals surface area contributed by atoms with E-state index in [2.05, 4.69) is 15.3 Å². The fourth-order valence-corrected chi connectivity index (χ4v) is 2.62. The minimum absolute atomic E-state index is 0.132. The zero-order valence-electron chi connectivity index (χ0n) is 11.9. The van der Waals surface area contributed by atoms with Crippen LogP contribution in [0.4, 0.5) is 5.69 Å². The van der Waals surface area contributed by atoms with Gasteiger partial charge in [-0.2, -0.15) is 0 Å². The molecule has 0 bridgehead atoms. The van der Waals surface area contributed by atoms with Crippen LogP contribution >= 0.6 is 0 Å². The molecule has 0 aliphatic carbocycles. The predicted octanol–water partition coefficient (Wildman–Crippen LogP) is 0.758. The Hall–Kier alpha value is -2.52. The lowest BCUT2D eigenvalue weighted by Crippen LogP contribution is -2.15. The number of hydrogen-bond acceptors (Lipinski definition) is 6. The summed E-state index contributed by atoms with van der Waals surface area (Å²) >= 11 is 0. The van der Waals surface area contributed by atoms with Gasteiger partial charge in [-0.25, -0.2) is 23.5 Å². The van der Waals surface area contributed by atoms with E-state index in [0.29, 0.717) is 16.8 Å². The van der Waals surface area contributed by atoms with E-state index in [1.54, 1.807) is 6.07 Å². The molecule has 22 heavy (non-hydrogen) atoms. The first-order chi connectivity index (χ1) is 10.3. The zero-order chi connectivity index (χ0) is 16.3. The van der Waals surface area contributed by atoms with Crippen LogP contribution in [0.15, 0.2) is 35.5 Å². The molecule has 0 radical (unpaired) electrons. The van der Waals surface area contributed by atoms with Crippen molar-refractivity contribution in [3.63, 3.8) is 0 Å². The van der Waals surface area contributed by atoms with Crippen molar-refractivity contribution in [3.8, 4) is 17.1 Å². The predicted molar refractivity (Wildman–Crippen MR) is 79.7 cm³/mol. The monoisotopic (exact) mass is 322 g/mol. The summed E-state index contributed by atoms with van der Waals surface area (Å²) in [4.78, 5) is 18.8. The van der Waals surface area contributed by atoms with E-state index in [1.807, 2.05) is 0 Å². The Morgan fingerprint density at radius 2 is 1.91 bits per heavy atom. The van der Waals surface area contributed by atoms with Crippen molar-refractivity contribution >= 4 is 21.6 Å². The quantitative estimate of drug-likeness (QED) is 0.856. The van der Waals surface area contributed by atoms with Crippen molar-refractivity contribution in [2.75, 3.05) is 12.4 Å². The molecule has 8 nitrogen and oxygen atoms in total. The molecule has 0 unspecified atom stereocenters. The van der Waals surface area contributed by atoms with Crippen LogP contribution in [0, 0.1) is 0 Å². The molecule has 0 aliphatic heterocycles. The number of carbonyl (C=O) groups excluding carboxylic acids is 1. The van der Waals surface area contributed by atoms with Crippen molar-refractivity contribution < 1.29 is 17.9 Å². The summed E-state index contributed by atoms with van der Waals surface area (Å²) in [5.41, 5.74) is 1.12. The number of nitrogens with two attached hydrogens (primary N) is 1. The Morgan fingerprint density at radius 3 is 2.41 bits per heavy atom. The van der Waals surface area contributed by atoms with Gasteiger partial charge in [-0.3, -0.25) is 4.79 Å². The minimum atomic E-state index is -3.99. The number of benzene rings is 1. The molecule has 0 fully saturated rings. The second-order valence-corrected chi connectivity index (χ2v) is 5.93. The number of nitrogens with zero attached hydrogens (tertiary/aromatic N) is 2. The van der Waals surface area contributed by atoms with Crippen molar-refractivity contribution in [3.05, 3.63) is 30.6 Å². The number of primary sulfonamides is 1. The summed E-state index contributed by atoms with van der Waals surface area (Å²) in [7, 11) is -2.57. The summed E-state index contributed by atoms with van der Waals surface area (Å²) < 4.78 is 28.4. The van der Waals surface area contributed by atoms with E-state index in [-0.39, 0.29) is 16.8 Å². The minimum Gasteiger partial charge on any atom is -0.467 e. The number of hydrogen-bond donors (Lipinski definition) is 2. The number of methoxy groups -OCH3 is 1. The summed E-state index contributed by atoms with van der Waals surface area (Å²) in [5, 5.41) is 7.75. The molecule has 1 heterocycles. The molecule has 1 amide bonds. The fraction of sp³-hybridized carbons (Fsp3) is 0.154. The summed E-state index contributed by atoms with van der Waals surface area (Å²) in [5.74, 6) is -0.319. The third-order valence-corrected chi connectivity index (χ3v) is 3.68. The Labute approximate surface area is 127 Å². The number of carbonyl (C=O) groups is 1. The molecule has 1 aromatic heterocycles. The molecule has 116 valence electrons. The lowest BCUT2D eigenvalue weighted by atomic mass is 10.1.